The van der Waals surface area contributed by atoms with Crippen LogP contribution in [0.5, 0.6) is 0 Å². The van der Waals surface area contributed by atoms with Gasteiger partial charge in [0.15, 0.2) is 0 Å². The fourth-order valence-corrected chi connectivity index (χ4v) is 3.20. The van der Waals surface area contributed by atoms with E-state index in [0.717, 1.165) is 24.5 Å². The molecule has 20 heavy (non-hydrogen) atoms. The van der Waals surface area contributed by atoms with Crippen LogP contribution >= 0.6 is 22.9 Å². The molecule has 4 heteroatoms. The molecule has 0 aliphatic heterocycles. The van der Waals surface area contributed by atoms with Gasteiger partial charge in [-0.1, -0.05) is 43.6 Å². The highest BCUT2D eigenvalue weighted by atomic mass is 35.5. The lowest BCUT2D eigenvalue weighted by Gasteiger charge is -2.19. The molecule has 2 rings (SSSR count). The van der Waals surface area contributed by atoms with Crippen LogP contribution in [0.25, 0.3) is 0 Å². The maximum absolute atomic E-state index is 6.36. The number of halogens is 1. The van der Waals surface area contributed by atoms with Crippen LogP contribution < -0.4 is 5.32 Å². The predicted octanol–water partition coefficient (Wildman–Crippen LogP) is 4.37. The van der Waals surface area contributed by atoms with Gasteiger partial charge in [0, 0.05) is 28.6 Å². The van der Waals surface area contributed by atoms with Crippen LogP contribution in [-0.4, -0.2) is 18.1 Å². The summed E-state index contributed by atoms with van der Waals surface area (Å²) in [5, 5.41) is 4.40. The Balaban J connectivity index is 2.09. The molecule has 108 valence electrons. The number of hydrogen-bond acceptors (Lipinski definition) is 3. The van der Waals surface area contributed by atoms with Gasteiger partial charge in [0.25, 0.3) is 0 Å². The van der Waals surface area contributed by atoms with Crippen LogP contribution in [0.15, 0.2) is 36.0 Å². The third-order valence-corrected chi connectivity index (χ3v) is 4.37. The van der Waals surface area contributed by atoms with Crippen molar-refractivity contribution in [3.8, 4) is 0 Å². The van der Waals surface area contributed by atoms with E-state index in [1.807, 2.05) is 23.8 Å². The molecular formula is C16H21ClN2S. The van der Waals surface area contributed by atoms with Crippen LogP contribution in [0.1, 0.15) is 30.2 Å². The molecule has 0 spiro atoms. The van der Waals surface area contributed by atoms with Crippen molar-refractivity contribution in [3.05, 3.63) is 51.4 Å². The first-order valence-corrected chi connectivity index (χ1v) is 8.25. The first-order chi connectivity index (χ1) is 9.66. The average molecular weight is 309 g/mol. The Morgan fingerprint density at radius 1 is 1.25 bits per heavy atom. The van der Waals surface area contributed by atoms with Crippen molar-refractivity contribution in [1.82, 2.24) is 10.3 Å². The Kier molecular flexibility index (Phi) is 6.02. The highest BCUT2D eigenvalue weighted by Crippen LogP contribution is 2.28. The van der Waals surface area contributed by atoms with E-state index in [1.54, 1.807) is 11.3 Å². The van der Waals surface area contributed by atoms with Crippen LogP contribution in [0, 0.1) is 5.92 Å². The largest absolute Gasteiger partial charge is 0.316 e. The van der Waals surface area contributed by atoms with Crippen molar-refractivity contribution >= 4 is 22.9 Å². The molecule has 0 saturated carbocycles. The van der Waals surface area contributed by atoms with Gasteiger partial charge >= 0.3 is 0 Å². The summed E-state index contributed by atoms with van der Waals surface area (Å²) in [5.74, 6) is 1.05. The zero-order chi connectivity index (χ0) is 14.4. The standard InChI is InChI=1S/C16H21ClN2S/c1-12(2)8-18-9-13(7-14-10-19-11-20-14)15-5-3-4-6-16(15)17/h3-6,10-13,18H,7-9H2,1-2H3. The molecule has 1 aromatic carbocycles. The maximum atomic E-state index is 6.36. The average Bonchev–Trinajstić information content (AvgIpc) is 2.91. The SMILES string of the molecule is CC(C)CNCC(Cc1cncs1)c1ccccc1Cl. The molecular weight excluding hydrogens is 288 g/mol. The number of rotatable bonds is 7. The Morgan fingerprint density at radius 2 is 2.05 bits per heavy atom. The van der Waals surface area contributed by atoms with E-state index in [-0.39, 0.29) is 0 Å². The summed E-state index contributed by atoms with van der Waals surface area (Å²) in [6.07, 6.45) is 2.94. The molecule has 1 atom stereocenters. The minimum atomic E-state index is 0.392. The van der Waals surface area contributed by atoms with E-state index < -0.39 is 0 Å². The quantitative estimate of drug-likeness (QED) is 0.821. The second-order valence-corrected chi connectivity index (χ2v) is 6.82. The smallest absolute Gasteiger partial charge is 0.0794 e. The molecule has 0 bridgehead atoms. The molecule has 0 amide bonds. The lowest BCUT2D eigenvalue weighted by molar-refractivity contribution is 0.515. The Bertz CT molecular complexity index is 511. The topological polar surface area (TPSA) is 24.9 Å². The highest BCUT2D eigenvalue weighted by Gasteiger charge is 2.16. The van der Waals surface area contributed by atoms with Crippen LogP contribution in [-0.2, 0) is 6.42 Å². The summed E-state index contributed by atoms with van der Waals surface area (Å²) in [4.78, 5) is 5.47. The summed E-state index contributed by atoms with van der Waals surface area (Å²) in [6, 6.07) is 8.14. The van der Waals surface area contributed by atoms with Gasteiger partial charge in [-0.05, 0) is 30.5 Å². The van der Waals surface area contributed by atoms with E-state index in [0.29, 0.717) is 11.8 Å². The van der Waals surface area contributed by atoms with Gasteiger partial charge in [0.1, 0.15) is 0 Å². The van der Waals surface area contributed by atoms with E-state index in [2.05, 4.69) is 36.3 Å². The number of aromatic nitrogens is 1. The minimum Gasteiger partial charge on any atom is -0.316 e. The van der Waals surface area contributed by atoms with Crippen molar-refractivity contribution in [3.63, 3.8) is 0 Å². The Morgan fingerprint density at radius 3 is 2.70 bits per heavy atom. The maximum Gasteiger partial charge on any atom is 0.0794 e. The molecule has 1 aromatic heterocycles. The van der Waals surface area contributed by atoms with Gasteiger partial charge in [0.05, 0.1) is 5.51 Å². The first-order valence-electron chi connectivity index (χ1n) is 6.99. The summed E-state index contributed by atoms with van der Waals surface area (Å²) in [6.45, 7) is 6.42. The molecule has 0 aliphatic rings. The summed E-state index contributed by atoms with van der Waals surface area (Å²) < 4.78 is 0. The molecule has 0 fully saturated rings. The zero-order valence-electron chi connectivity index (χ0n) is 12.0. The molecule has 2 aromatic rings. The van der Waals surface area contributed by atoms with E-state index in [4.69, 9.17) is 11.6 Å². The van der Waals surface area contributed by atoms with Crippen molar-refractivity contribution in [2.24, 2.45) is 5.92 Å². The van der Waals surface area contributed by atoms with Gasteiger partial charge in [-0.15, -0.1) is 11.3 Å². The van der Waals surface area contributed by atoms with Crippen molar-refractivity contribution in [2.45, 2.75) is 26.2 Å². The Hall–Kier alpha value is -0.900. The minimum absolute atomic E-state index is 0.392. The number of nitrogens with one attached hydrogen (secondary N) is 1. The summed E-state index contributed by atoms with van der Waals surface area (Å²) in [7, 11) is 0. The number of nitrogens with zero attached hydrogens (tertiary/aromatic N) is 1. The molecule has 1 unspecified atom stereocenters. The molecule has 0 aliphatic carbocycles. The van der Waals surface area contributed by atoms with Crippen molar-refractivity contribution < 1.29 is 0 Å². The summed E-state index contributed by atoms with van der Waals surface area (Å²) >= 11 is 8.07. The Labute approximate surface area is 130 Å². The monoisotopic (exact) mass is 308 g/mol. The molecule has 0 saturated heterocycles. The molecule has 1 N–H and O–H groups in total. The first kappa shape index (κ1) is 15.5. The lowest BCUT2D eigenvalue weighted by Crippen LogP contribution is -2.26. The van der Waals surface area contributed by atoms with Crippen LogP contribution in [0.3, 0.4) is 0 Å². The molecule has 0 radical (unpaired) electrons. The van der Waals surface area contributed by atoms with E-state index in [9.17, 15) is 0 Å². The third-order valence-electron chi connectivity index (χ3n) is 3.22. The second kappa shape index (κ2) is 7.77. The molecule has 2 nitrogen and oxygen atoms in total. The predicted molar refractivity (Wildman–Crippen MR) is 87.7 cm³/mol. The summed E-state index contributed by atoms with van der Waals surface area (Å²) in [5.41, 5.74) is 3.11. The second-order valence-electron chi connectivity index (χ2n) is 5.44. The van der Waals surface area contributed by atoms with Crippen LogP contribution in [0.4, 0.5) is 0 Å². The van der Waals surface area contributed by atoms with Gasteiger partial charge in [-0.2, -0.15) is 0 Å². The van der Waals surface area contributed by atoms with Gasteiger partial charge in [0.2, 0.25) is 0 Å². The van der Waals surface area contributed by atoms with E-state index >= 15 is 0 Å². The van der Waals surface area contributed by atoms with Gasteiger partial charge < -0.3 is 5.32 Å². The van der Waals surface area contributed by atoms with Crippen molar-refractivity contribution in [1.29, 1.82) is 0 Å². The molecule has 1 heterocycles. The van der Waals surface area contributed by atoms with Gasteiger partial charge in [-0.3, -0.25) is 4.98 Å². The van der Waals surface area contributed by atoms with Crippen LogP contribution in [0.2, 0.25) is 5.02 Å². The highest BCUT2D eigenvalue weighted by molar-refractivity contribution is 7.09. The number of thiazole rings is 1. The fourth-order valence-electron chi connectivity index (χ4n) is 2.23. The van der Waals surface area contributed by atoms with Crippen molar-refractivity contribution in [2.75, 3.05) is 13.1 Å². The third kappa shape index (κ3) is 4.58. The van der Waals surface area contributed by atoms with E-state index in [1.165, 1.54) is 10.4 Å². The lowest BCUT2D eigenvalue weighted by atomic mass is 9.95. The zero-order valence-corrected chi connectivity index (χ0v) is 13.5. The number of hydrogen-bond donors (Lipinski definition) is 1. The number of benzene rings is 1. The van der Waals surface area contributed by atoms with Gasteiger partial charge in [-0.25, -0.2) is 0 Å². The fraction of sp³-hybridized carbons (Fsp3) is 0.438. The normalized spacial score (nSPS) is 12.8.